The molecule has 1 heterocycles. The van der Waals surface area contributed by atoms with Crippen molar-refractivity contribution in [3.8, 4) is 5.75 Å². The van der Waals surface area contributed by atoms with Gasteiger partial charge in [-0.15, -0.1) is 0 Å². The number of ether oxygens (including phenoxy) is 1. The molecule has 0 aromatic heterocycles. The van der Waals surface area contributed by atoms with Gasteiger partial charge in [-0.25, -0.2) is 0 Å². The average molecular weight is 523 g/mol. The van der Waals surface area contributed by atoms with Gasteiger partial charge in [0.15, 0.2) is 0 Å². The van der Waals surface area contributed by atoms with Crippen LogP contribution in [0.15, 0.2) is 96.0 Å². The summed E-state index contributed by atoms with van der Waals surface area (Å²) in [7, 11) is 1.65. The number of amides is 1. The molecule has 0 saturated heterocycles. The Morgan fingerprint density at radius 1 is 0.895 bits per heavy atom. The molecule has 5 heteroatoms. The van der Waals surface area contributed by atoms with Gasteiger partial charge >= 0.3 is 0 Å². The van der Waals surface area contributed by atoms with E-state index in [1.165, 1.54) is 11.1 Å². The highest BCUT2D eigenvalue weighted by molar-refractivity contribution is 6.32. The predicted molar refractivity (Wildman–Crippen MR) is 156 cm³/mol. The zero-order chi connectivity index (χ0) is 26.6. The van der Waals surface area contributed by atoms with Crippen molar-refractivity contribution in [3.63, 3.8) is 0 Å². The molecular weight excluding hydrogens is 492 g/mol. The molecule has 0 fully saturated rings. The van der Waals surface area contributed by atoms with Crippen molar-refractivity contribution in [2.24, 2.45) is 4.99 Å². The lowest BCUT2D eigenvalue weighted by Crippen LogP contribution is -2.38. The molecule has 5 rings (SSSR count). The Morgan fingerprint density at radius 3 is 2.34 bits per heavy atom. The van der Waals surface area contributed by atoms with E-state index in [4.69, 9.17) is 21.3 Å². The van der Waals surface area contributed by atoms with Crippen molar-refractivity contribution in [1.82, 2.24) is 0 Å². The topological polar surface area (TPSA) is 41.9 Å². The van der Waals surface area contributed by atoms with E-state index < -0.39 is 6.04 Å². The van der Waals surface area contributed by atoms with E-state index in [9.17, 15) is 4.79 Å². The lowest BCUT2D eigenvalue weighted by molar-refractivity contribution is -0.119. The second-order valence-corrected chi connectivity index (χ2v) is 10.1. The Bertz CT molecular complexity index is 1480. The summed E-state index contributed by atoms with van der Waals surface area (Å²) in [6.45, 7) is 4.62. The third kappa shape index (κ3) is 5.51. The highest BCUT2D eigenvalue weighted by atomic mass is 35.5. The molecule has 0 radical (unpaired) electrons. The molecule has 1 amide bonds. The zero-order valence-electron chi connectivity index (χ0n) is 21.9. The minimum atomic E-state index is -0.581. The molecule has 0 N–H and O–H groups in total. The number of carbonyl (C=O) groups is 1. The number of nitrogens with zero attached hydrogens (tertiary/aromatic N) is 2. The summed E-state index contributed by atoms with van der Waals surface area (Å²) in [6.07, 6.45) is 1.46. The number of rotatable bonds is 7. The van der Waals surface area contributed by atoms with Crippen molar-refractivity contribution >= 4 is 28.9 Å². The number of methoxy groups -OCH3 is 1. The third-order valence-electron chi connectivity index (χ3n) is 6.99. The van der Waals surface area contributed by atoms with Crippen LogP contribution in [0.5, 0.6) is 5.75 Å². The number of benzene rings is 4. The maximum absolute atomic E-state index is 14.3. The van der Waals surface area contributed by atoms with Crippen LogP contribution in [-0.4, -0.2) is 24.8 Å². The van der Waals surface area contributed by atoms with Crippen LogP contribution >= 0.6 is 11.6 Å². The van der Waals surface area contributed by atoms with Gasteiger partial charge in [0.2, 0.25) is 0 Å². The SMILES string of the molecule is CCc1cccc(CC2N=C(c3ccc(C)cc3)c3cc(Cl)ccc3N(Cc3ccc(OC)cc3)C2=O)c1. The van der Waals surface area contributed by atoms with Crippen LogP contribution in [0, 0.1) is 6.92 Å². The lowest BCUT2D eigenvalue weighted by Gasteiger charge is -2.26. The van der Waals surface area contributed by atoms with Gasteiger partial charge in [-0.3, -0.25) is 9.79 Å². The van der Waals surface area contributed by atoms with Gasteiger partial charge in [-0.05, 0) is 60.4 Å². The molecule has 38 heavy (non-hydrogen) atoms. The normalized spacial score (nSPS) is 15.1. The van der Waals surface area contributed by atoms with Crippen LogP contribution in [0.4, 0.5) is 5.69 Å². The van der Waals surface area contributed by atoms with Gasteiger partial charge in [-0.2, -0.15) is 0 Å². The monoisotopic (exact) mass is 522 g/mol. The summed E-state index contributed by atoms with van der Waals surface area (Å²) < 4.78 is 5.33. The first-order valence-electron chi connectivity index (χ1n) is 12.9. The number of benzodiazepines with no additional fused rings is 1. The summed E-state index contributed by atoms with van der Waals surface area (Å²) in [4.78, 5) is 21.3. The Balaban J connectivity index is 1.64. The molecule has 1 unspecified atom stereocenters. The number of hydrogen-bond acceptors (Lipinski definition) is 3. The highest BCUT2D eigenvalue weighted by Crippen LogP contribution is 2.33. The number of halogens is 1. The fourth-order valence-corrected chi connectivity index (χ4v) is 5.04. The van der Waals surface area contributed by atoms with E-state index in [0.717, 1.165) is 45.8 Å². The van der Waals surface area contributed by atoms with Crippen LogP contribution < -0.4 is 9.64 Å². The van der Waals surface area contributed by atoms with Gasteiger partial charge in [-0.1, -0.05) is 84.8 Å². The van der Waals surface area contributed by atoms with E-state index in [-0.39, 0.29) is 5.91 Å². The van der Waals surface area contributed by atoms with Gasteiger partial charge in [0.1, 0.15) is 11.8 Å². The van der Waals surface area contributed by atoms with E-state index in [1.54, 1.807) is 7.11 Å². The maximum Gasteiger partial charge on any atom is 0.252 e. The second-order valence-electron chi connectivity index (χ2n) is 9.67. The van der Waals surface area contributed by atoms with Gasteiger partial charge < -0.3 is 9.64 Å². The number of carbonyl (C=O) groups excluding carboxylic acids is 1. The van der Waals surface area contributed by atoms with Crippen LogP contribution in [0.25, 0.3) is 0 Å². The minimum absolute atomic E-state index is 0.0339. The molecule has 4 nitrogen and oxygen atoms in total. The first-order valence-corrected chi connectivity index (χ1v) is 13.3. The highest BCUT2D eigenvalue weighted by Gasteiger charge is 2.32. The van der Waals surface area contributed by atoms with Crippen molar-refractivity contribution in [2.75, 3.05) is 12.0 Å². The number of hydrogen-bond donors (Lipinski definition) is 0. The summed E-state index contributed by atoms with van der Waals surface area (Å²) in [5.74, 6) is 0.746. The smallest absolute Gasteiger partial charge is 0.252 e. The molecule has 0 bridgehead atoms. The molecule has 0 saturated carbocycles. The van der Waals surface area contributed by atoms with Gasteiger partial charge in [0, 0.05) is 22.6 Å². The number of fused-ring (bicyclic) bond motifs is 1. The fraction of sp³-hybridized carbons (Fsp3) is 0.212. The number of anilines is 1. The average Bonchev–Trinajstić information content (AvgIpc) is 3.04. The van der Waals surface area contributed by atoms with Crippen LogP contribution in [0.3, 0.4) is 0 Å². The number of aliphatic imine (C=N–C) groups is 1. The van der Waals surface area contributed by atoms with Gasteiger partial charge in [0.05, 0.1) is 25.1 Å². The largest absolute Gasteiger partial charge is 0.497 e. The van der Waals surface area contributed by atoms with Gasteiger partial charge in [0.25, 0.3) is 5.91 Å². The standard InChI is InChI=1S/C33H31ClN2O2/c1-4-23-6-5-7-25(18-23)19-30-33(37)36(21-24-10-15-28(38-3)16-11-24)31-17-14-27(34)20-29(31)32(35-30)26-12-8-22(2)9-13-26/h5-18,20,30H,4,19,21H2,1-3H3. The minimum Gasteiger partial charge on any atom is -0.497 e. The molecule has 0 aliphatic carbocycles. The molecule has 1 atom stereocenters. The Hall–Kier alpha value is -3.89. The second kappa shape index (κ2) is 11.2. The predicted octanol–water partition coefficient (Wildman–Crippen LogP) is 7.21. The van der Waals surface area contributed by atoms with E-state index >= 15 is 0 Å². The summed E-state index contributed by atoms with van der Waals surface area (Å²) in [6, 6.07) is 29.7. The molecular formula is C33H31ClN2O2. The summed E-state index contributed by atoms with van der Waals surface area (Å²) in [5, 5.41) is 0.606. The Morgan fingerprint density at radius 2 is 1.63 bits per heavy atom. The first kappa shape index (κ1) is 25.7. The summed E-state index contributed by atoms with van der Waals surface area (Å²) in [5.41, 5.74) is 7.92. The number of aryl methyl sites for hydroxylation is 2. The third-order valence-corrected chi connectivity index (χ3v) is 7.23. The van der Waals surface area contributed by atoms with Crippen molar-refractivity contribution in [1.29, 1.82) is 0 Å². The quantitative estimate of drug-likeness (QED) is 0.257. The van der Waals surface area contributed by atoms with E-state index in [2.05, 4.69) is 62.4 Å². The van der Waals surface area contributed by atoms with Crippen molar-refractivity contribution < 1.29 is 9.53 Å². The molecule has 1 aliphatic heterocycles. The molecule has 192 valence electrons. The van der Waals surface area contributed by atoms with E-state index in [1.807, 2.05) is 47.4 Å². The maximum atomic E-state index is 14.3. The molecule has 4 aromatic rings. The molecule has 0 spiro atoms. The van der Waals surface area contributed by atoms with Crippen LogP contribution in [0.1, 0.15) is 40.3 Å². The molecule has 4 aromatic carbocycles. The Kier molecular flexibility index (Phi) is 7.62. The van der Waals surface area contributed by atoms with Crippen LogP contribution in [0.2, 0.25) is 5.02 Å². The van der Waals surface area contributed by atoms with Crippen molar-refractivity contribution in [3.05, 3.63) is 129 Å². The van der Waals surface area contributed by atoms with Crippen LogP contribution in [-0.2, 0) is 24.2 Å². The van der Waals surface area contributed by atoms with E-state index in [0.29, 0.717) is 18.0 Å². The summed E-state index contributed by atoms with van der Waals surface area (Å²) >= 11 is 6.51. The Labute approximate surface area is 229 Å². The fourth-order valence-electron chi connectivity index (χ4n) is 4.86. The molecule has 1 aliphatic rings. The first-order chi connectivity index (χ1) is 18.4. The van der Waals surface area contributed by atoms with Crippen molar-refractivity contribution in [2.45, 2.75) is 39.3 Å². The lowest BCUT2D eigenvalue weighted by atomic mass is 9.99. The zero-order valence-corrected chi connectivity index (χ0v) is 22.7.